The van der Waals surface area contributed by atoms with E-state index in [1.54, 1.807) is 12.1 Å². The summed E-state index contributed by atoms with van der Waals surface area (Å²) < 4.78 is 4.61. The predicted octanol–water partition coefficient (Wildman–Crippen LogP) is 3.74. The first kappa shape index (κ1) is 20.2. The molecule has 0 radical (unpaired) electrons. The Kier molecular flexibility index (Phi) is 6.34. The highest BCUT2D eigenvalue weighted by Crippen LogP contribution is 2.23. The lowest BCUT2D eigenvalue weighted by atomic mass is 9.87. The summed E-state index contributed by atoms with van der Waals surface area (Å²) in [6.45, 7) is 6.34. The number of methoxy groups -OCH3 is 1. The van der Waals surface area contributed by atoms with Crippen molar-refractivity contribution >= 4 is 29.2 Å². The molecule has 2 amide bonds. The van der Waals surface area contributed by atoms with Gasteiger partial charge in [0.2, 0.25) is 11.8 Å². The molecule has 2 N–H and O–H groups in total. The van der Waals surface area contributed by atoms with Crippen LogP contribution in [0.15, 0.2) is 48.5 Å². The minimum atomic E-state index is -0.454. The summed E-state index contributed by atoms with van der Waals surface area (Å²) in [4.78, 5) is 35.4. The van der Waals surface area contributed by atoms with Crippen molar-refractivity contribution in [3.05, 3.63) is 59.7 Å². The molecule has 0 unspecified atom stereocenters. The van der Waals surface area contributed by atoms with Gasteiger partial charge in [-0.05, 0) is 47.4 Å². The van der Waals surface area contributed by atoms with Crippen molar-refractivity contribution in [3.8, 4) is 0 Å². The van der Waals surface area contributed by atoms with Crippen molar-refractivity contribution in [2.24, 2.45) is 0 Å². The van der Waals surface area contributed by atoms with Gasteiger partial charge in [-0.15, -0.1) is 0 Å². The number of carbonyl (C=O) groups excluding carboxylic acids is 3. The molecule has 0 aliphatic carbocycles. The Bertz CT molecular complexity index is 819. The Morgan fingerprint density at radius 2 is 1.26 bits per heavy atom. The standard InChI is InChI=1S/C21H24N2O4/c1-21(2,3)15-7-11-17(12-8-15)23-19(25)13-18(24)22-16-9-5-14(6-10-16)20(26)27-4/h5-12H,13H2,1-4H3,(H,22,24)(H,23,25). The molecule has 0 saturated carbocycles. The predicted molar refractivity (Wildman–Crippen MR) is 105 cm³/mol. The molecular weight excluding hydrogens is 344 g/mol. The fraction of sp³-hybridized carbons (Fsp3) is 0.286. The third-order valence-corrected chi connectivity index (χ3v) is 3.95. The maximum atomic E-state index is 12.0. The molecule has 2 aromatic carbocycles. The van der Waals surface area contributed by atoms with Crippen LogP contribution in [-0.2, 0) is 19.7 Å². The summed E-state index contributed by atoms with van der Waals surface area (Å²) in [5.74, 6) is -1.29. The topological polar surface area (TPSA) is 84.5 Å². The normalized spacial score (nSPS) is 10.8. The lowest BCUT2D eigenvalue weighted by molar-refractivity contribution is -0.123. The molecule has 0 saturated heterocycles. The molecule has 2 rings (SSSR count). The summed E-state index contributed by atoms with van der Waals surface area (Å²) in [5.41, 5.74) is 2.71. The van der Waals surface area contributed by atoms with Crippen molar-refractivity contribution in [1.29, 1.82) is 0 Å². The number of nitrogens with one attached hydrogen (secondary N) is 2. The first-order valence-electron chi connectivity index (χ1n) is 8.57. The highest BCUT2D eigenvalue weighted by Gasteiger charge is 2.14. The van der Waals surface area contributed by atoms with Gasteiger partial charge in [0.25, 0.3) is 0 Å². The van der Waals surface area contributed by atoms with Gasteiger partial charge >= 0.3 is 5.97 Å². The quantitative estimate of drug-likeness (QED) is 0.622. The zero-order valence-electron chi connectivity index (χ0n) is 16.0. The second-order valence-corrected chi connectivity index (χ2v) is 7.17. The maximum absolute atomic E-state index is 12.0. The average molecular weight is 368 g/mol. The van der Waals surface area contributed by atoms with Crippen LogP contribution in [0.1, 0.15) is 43.1 Å². The van der Waals surface area contributed by atoms with Crippen LogP contribution in [0.2, 0.25) is 0 Å². The van der Waals surface area contributed by atoms with Gasteiger partial charge in [-0.2, -0.15) is 0 Å². The van der Waals surface area contributed by atoms with Gasteiger partial charge in [-0.3, -0.25) is 9.59 Å². The number of carbonyl (C=O) groups is 3. The summed E-state index contributed by atoms with van der Waals surface area (Å²) in [7, 11) is 1.30. The summed E-state index contributed by atoms with van der Waals surface area (Å²) in [5, 5.41) is 5.33. The molecule has 0 fully saturated rings. The molecule has 27 heavy (non-hydrogen) atoms. The highest BCUT2D eigenvalue weighted by atomic mass is 16.5. The third kappa shape index (κ3) is 5.95. The Morgan fingerprint density at radius 3 is 1.67 bits per heavy atom. The van der Waals surface area contributed by atoms with Crippen LogP contribution in [0.25, 0.3) is 0 Å². The van der Waals surface area contributed by atoms with Crippen LogP contribution >= 0.6 is 0 Å². The minimum absolute atomic E-state index is 0.0336. The number of hydrogen-bond acceptors (Lipinski definition) is 4. The van der Waals surface area contributed by atoms with Gasteiger partial charge in [0, 0.05) is 11.4 Å². The third-order valence-electron chi connectivity index (χ3n) is 3.95. The molecule has 6 nitrogen and oxygen atoms in total. The van der Waals surface area contributed by atoms with Gasteiger partial charge in [-0.1, -0.05) is 32.9 Å². The maximum Gasteiger partial charge on any atom is 0.337 e. The fourth-order valence-corrected chi connectivity index (χ4v) is 2.42. The fourth-order valence-electron chi connectivity index (χ4n) is 2.42. The number of amides is 2. The van der Waals surface area contributed by atoms with E-state index < -0.39 is 17.8 Å². The van der Waals surface area contributed by atoms with Crippen molar-refractivity contribution < 1.29 is 19.1 Å². The Morgan fingerprint density at radius 1 is 0.815 bits per heavy atom. The van der Waals surface area contributed by atoms with E-state index in [-0.39, 0.29) is 11.8 Å². The van der Waals surface area contributed by atoms with Crippen molar-refractivity contribution in [2.75, 3.05) is 17.7 Å². The zero-order chi connectivity index (χ0) is 20.0. The molecule has 0 aromatic heterocycles. The number of hydrogen-bond donors (Lipinski definition) is 2. The molecule has 0 aliphatic rings. The van der Waals surface area contributed by atoms with Gasteiger partial charge < -0.3 is 15.4 Å². The number of rotatable bonds is 5. The van der Waals surface area contributed by atoms with Crippen LogP contribution < -0.4 is 10.6 Å². The van der Waals surface area contributed by atoms with E-state index in [9.17, 15) is 14.4 Å². The van der Waals surface area contributed by atoms with E-state index in [1.165, 1.54) is 19.2 Å². The molecule has 0 spiro atoms. The second-order valence-electron chi connectivity index (χ2n) is 7.17. The smallest absolute Gasteiger partial charge is 0.337 e. The van der Waals surface area contributed by atoms with Crippen molar-refractivity contribution in [2.45, 2.75) is 32.6 Å². The average Bonchev–Trinajstić information content (AvgIpc) is 2.61. The van der Waals surface area contributed by atoms with Crippen molar-refractivity contribution in [1.82, 2.24) is 0 Å². The molecular formula is C21H24N2O4. The SMILES string of the molecule is COC(=O)c1ccc(NC(=O)CC(=O)Nc2ccc(C(C)(C)C)cc2)cc1. The van der Waals surface area contributed by atoms with Crippen LogP contribution in [0.4, 0.5) is 11.4 Å². The van der Waals surface area contributed by atoms with Gasteiger partial charge in [-0.25, -0.2) is 4.79 Å². The van der Waals surface area contributed by atoms with E-state index in [2.05, 4.69) is 36.1 Å². The lowest BCUT2D eigenvalue weighted by Crippen LogP contribution is -2.21. The van der Waals surface area contributed by atoms with Gasteiger partial charge in [0.1, 0.15) is 6.42 Å². The second kappa shape index (κ2) is 8.49. The van der Waals surface area contributed by atoms with Crippen LogP contribution in [0.5, 0.6) is 0 Å². The Balaban J connectivity index is 1.88. The van der Waals surface area contributed by atoms with Crippen LogP contribution in [-0.4, -0.2) is 24.9 Å². The van der Waals surface area contributed by atoms with Crippen LogP contribution in [0, 0.1) is 0 Å². The molecule has 6 heteroatoms. The number of esters is 1. The number of ether oxygens (including phenoxy) is 1. The van der Waals surface area contributed by atoms with E-state index in [0.29, 0.717) is 16.9 Å². The number of benzene rings is 2. The van der Waals surface area contributed by atoms with Gasteiger partial charge in [0.15, 0.2) is 0 Å². The van der Waals surface area contributed by atoms with Crippen molar-refractivity contribution in [3.63, 3.8) is 0 Å². The number of anilines is 2. The first-order valence-corrected chi connectivity index (χ1v) is 8.57. The van der Waals surface area contributed by atoms with E-state index >= 15 is 0 Å². The molecule has 0 aliphatic heterocycles. The summed E-state index contributed by atoms with van der Waals surface area (Å²) >= 11 is 0. The zero-order valence-corrected chi connectivity index (χ0v) is 16.0. The van der Waals surface area contributed by atoms with Gasteiger partial charge in [0.05, 0.1) is 12.7 Å². The summed E-state index contributed by atoms with van der Waals surface area (Å²) in [6, 6.07) is 13.8. The lowest BCUT2D eigenvalue weighted by Gasteiger charge is -2.19. The van der Waals surface area contributed by atoms with E-state index in [0.717, 1.165) is 5.56 Å². The van der Waals surface area contributed by atoms with E-state index in [1.807, 2.05) is 24.3 Å². The molecule has 142 valence electrons. The Labute approximate surface area is 158 Å². The monoisotopic (exact) mass is 368 g/mol. The summed E-state index contributed by atoms with van der Waals surface area (Å²) in [6.07, 6.45) is -0.306. The Hall–Kier alpha value is -3.15. The van der Waals surface area contributed by atoms with E-state index in [4.69, 9.17) is 0 Å². The van der Waals surface area contributed by atoms with Crippen LogP contribution in [0.3, 0.4) is 0 Å². The first-order chi connectivity index (χ1) is 12.7. The molecule has 2 aromatic rings. The highest BCUT2D eigenvalue weighted by molar-refractivity contribution is 6.08. The molecule has 0 atom stereocenters. The molecule has 0 bridgehead atoms. The largest absolute Gasteiger partial charge is 0.465 e. The molecule has 0 heterocycles. The minimum Gasteiger partial charge on any atom is -0.465 e.